The average molecular weight is 234 g/mol. The first-order chi connectivity index (χ1) is 7.11. The molecule has 0 aliphatic heterocycles. The molecular formula is C10H22N2O2S. The highest BCUT2D eigenvalue weighted by atomic mass is 32.2. The molecule has 0 atom stereocenters. The van der Waals surface area contributed by atoms with E-state index in [-0.39, 0.29) is 5.75 Å². The summed E-state index contributed by atoms with van der Waals surface area (Å²) in [7, 11) is -3.02. The quantitative estimate of drug-likeness (QED) is 0.635. The third-order valence-electron chi connectivity index (χ3n) is 2.61. The van der Waals surface area contributed by atoms with Crippen molar-refractivity contribution in [1.29, 1.82) is 0 Å². The fraction of sp³-hybridized carbons (Fsp3) is 1.00. The lowest BCUT2D eigenvalue weighted by Crippen LogP contribution is -2.35. The van der Waals surface area contributed by atoms with E-state index in [0.717, 1.165) is 25.7 Å². The Hall–Kier alpha value is -0.130. The van der Waals surface area contributed by atoms with Crippen LogP contribution in [0.1, 0.15) is 39.0 Å². The summed E-state index contributed by atoms with van der Waals surface area (Å²) in [6, 6.07) is 0.299. The summed E-state index contributed by atoms with van der Waals surface area (Å²) in [6.07, 6.45) is 4.45. The topological polar surface area (TPSA) is 63.4 Å². The van der Waals surface area contributed by atoms with E-state index in [2.05, 4.69) is 0 Å². The summed E-state index contributed by atoms with van der Waals surface area (Å²) in [5, 5.41) is 0. The number of unbranched alkanes of at least 4 members (excludes halogenated alkanes) is 1. The predicted molar refractivity (Wildman–Crippen MR) is 62.1 cm³/mol. The third-order valence-corrected chi connectivity index (χ3v) is 4.61. The minimum Gasteiger partial charge on any atom is -0.330 e. The molecule has 4 nitrogen and oxygen atoms in total. The Bertz CT molecular complexity index is 273. The van der Waals surface area contributed by atoms with Gasteiger partial charge in [-0.05, 0) is 38.6 Å². The summed E-state index contributed by atoms with van der Waals surface area (Å²) < 4.78 is 25.6. The van der Waals surface area contributed by atoms with Crippen molar-refractivity contribution in [3.8, 4) is 0 Å². The number of hydrogen-bond acceptors (Lipinski definition) is 3. The Morgan fingerprint density at radius 2 is 2.00 bits per heavy atom. The predicted octanol–water partition coefficient (Wildman–Crippen LogP) is 0.929. The van der Waals surface area contributed by atoms with Crippen LogP contribution >= 0.6 is 0 Å². The van der Waals surface area contributed by atoms with Gasteiger partial charge in [0.2, 0.25) is 10.0 Å². The minimum atomic E-state index is -3.02. The Morgan fingerprint density at radius 1 is 1.33 bits per heavy atom. The second kappa shape index (κ2) is 5.82. The van der Waals surface area contributed by atoms with E-state index in [0.29, 0.717) is 25.6 Å². The van der Waals surface area contributed by atoms with Gasteiger partial charge in [0.25, 0.3) is 0 Å². The molecule has 0 radical (unpaired) electrons. The van der Waals surface area contributed by atoms with Crippen molar-refractivity contribution in [2.24, 2.45) is 5.73 Å². The van der Waals surface area contributed by atoms with Crippen LogP contribution < -0.4 is 5.73 Å². The maximum absolute atomic E-state index is 12.0. The summed E-state index contributed by atoms with van der Waals surface area (Å²) in [4.78, 5) is 0. The van der Waals surface area contributed by atoms with Crippen molar-refractivity contribution < 1.29 is 8.42 Å². The van der Waals surface area contributed by atoms with Gasteiger partial charge in [-0.25, -0.2) is 8.42 Å². The molecule has 5 heteroatoms. The van der Waals surface area contributed by atoms with Crippen molar-refractivity contribution in [2.45, 2.75) is 45.1 Å². The number of nitrogens with zero attached hydrogens (tertiary/aromatic N) is 1. The Balaban J connectivity index is 2.48. The molecule has 0 aromatic carbocycles. The molecule has 1 rings (SSSR count). The molecule has 15 heavy (non-hydrogen) atoms. The maximum Gasteiger partial charge on any atom is 0.214 e. The van der Waals surface area contributed by atoms with Gasteiger partial charge in [0.05, 0.1) is 5.75 Å². The lowest BCUT2D eigenvalue weighted by Gasteiger charge is -2.20. The van der Waals surface area contributed by atoms with E-state index >= 15 is 0 Å². The van der Waals surface area contributed by atoms with Crippen molar-refractivity contribution >= 4 is 10.0 Å². The summed E-state index contributed by atoms with van der Waals surface area (Å²) in [5.41, 5.74) is 5.36. The Morgan fingerprint density at radius 3 is 2.47 bits per heavy atom. The molecule has 1 aliphatic carbocycles. The fourth-order valence-electron chi connectivity index (χ4n) is 1.68. The van der Waals surface area contributed by atoms with Gasteiger partial charge in [0, 0.05) is 12.6 Å². The first-order valence-electron chi connectivity index (χ1n) is 5.81. The van der Waals surface area contributed by atoms with Gasteiger partial charge in [0.1, 0.15) is 0 Å². The summed E-state index contributed by atoms with van der Waals surface area (Å²) in [5.74, 6) is 0.265. The Kier molecular flexibility index (Phi) is 5.02. The largest absolute Gasteiger partial charge is 0.330 e. The second-order valence-electron chi connectivity index (χ2n) is 4.15. The van der Waals surface area contributed by atoms with E-state index in [1.54, 1.807) is 4.31 Å². The molecule has 90 valence electrons. The minimum absolute atomic E-state index is 0.265. The van der Waals surface area contributed by atoms with Gasteiger partial charge in [-0.2, -0.15) is 4.31 Å². The SMILES string of the molecule is CCCN(C1CC1)S(=O)(=O)CCCCN. The standard InChI is InChI=1S/C10H22N2O2S/c1-2-8-12(10-5-6-10)15(13,14)9-4-3-7-11/h10H,2-9,11H2,1H3. The van der Waals surface area contributed by atoms with Crippen LogP contribution in [0.15, 0.2) is 0 Å². The molecule has 0 saturated heterocycles. The number of nitrogens with two attached hydrogens (primary N) is 1. The second-order valence-corrected chi connectivity index (χ2v) is 6.19. The van der Waals surface area contributed by atoms with Crippen LogP contribution in [-0.2, 0) is 10.0 Å². The van der Waals surface area contributed by atoms with Crippen LogP contribution in [-0.4, -0.2) is 37.6 Å². The molecule has 0 bridgehead atoms. The molecule has 0 aromatic rings. The zero-order chi connectivity index (χ0) is 11.3. The van der Waals surface area contributed by atoms with E-state index in [9.17, 15) is 8.42 Å². The maximum atomic E-state index is 12.0. The van der Waals surface area contributed by atoms with Crippen LogP contribution in [0.4, 0.5) is 0 Å². The van der Waals surface area contributed by atoms with E-state index in [1.165, 1.54) is 0 Å². The van der Waals surface area contributed by atoms with E-state index in [1.807, 2.05) is 6.92 Å². The smallest absolute Gasteiger partial charge is 0.214 e. The summed E-state index contributed by atoms with van der Waals surface area (Å²) >= 11 is 0. The normalized spacial score (nSPS) is 17.3. The zero-order valence-corrected chi connectivity index (χ0v) is 10.3. The van der Waals surface area contributed by atoms with Crippen LogP contribution in [0.25, 0.3) is 0 Å². The molecule has 1 saturated carbocycles. The average Bonchev–Trinajstić information content (AvgIpc) is 2.97. The third kappa shape index (κ3) is 4.09. The van der Waals surface area contributed by atoms with Crippen LogP contribution in [0.2, 0.25) is 0 Å². The number of sulfonamides is 1. The lowest BCUT2D eigenvalue weighted by atomic mass is 10.3. The van der Waals surface area contributed by atoms with Gasteiger partial charge in [-0.15, -0.1) is 0 Å². The lowest BCUT2D eigenvalue weighted by molar-refractivity contribution is 0.402. The molecule has 1 aliphatic rings. The van der Waals surface area contributed by atoms with Crippen molar-refractivity contribution in [1.82, 2.24) is 4.31 Å². The van der Waals surface area contributed by atoms with Crippen molar-refractivity contribution in [3.63, 3.8) is 0 Å². The molecule has 0 spiro atoms. The highest BCUT2D eigenvalue weighted by Crippen LogP contribution is 2.29. The summed E-state index contributed by atoms with van der Waals surface area (Å²) in [6.45, 7) is 3.27. The molecule has 0 aromatic heterocycles. The number of rotatable bonds is 8. The van der Waals surface area contributed by atoms with Crippen LogP contribution in [0, 0.1) is 0 Å². The van der Waals surface area contributed by atoms with Gasteiger partial charge in [-0.3, -0.25) is 0 Å². The fourth-order valence-corrected chi connectivity index (χ4v) is 3.61. The highest BCUT2D eigenvalue weighted by molar-refractivity contribution is 7.89. The molecule has 0 heterocycles. The molecule has 0 amide bonds. The van der Waals surface area contributed by atoms with Gasteiger partial charge in [0.15, 0.2) is 0 Å². The first-order valence-corrected chi connectivity index (χ1v) is 7.42. The van der Waals surface area contributed by atoms with E-state index < -0.39 is 10.0 Å². The van der Waals surface area contributed by atoms with Crippen molar-refractivity contribution in [3.05, 3.63) is 0 Å². The number of hydrogen-bond donors (Lipinski definition) is 1. The Labute approximate surface area is 92.9 Å². The van der Waals surface area contributed by atoms with Crippen LogP contribution in [0.5, 0.6) is 0 Å². The molecule has 0 unspecified atom stereocenters. The first kappa shape index (κ1) is 12.9. The highest BCUT2D eigenvalue weighted by Gasteiger charge is 2.35. The van der Waals surface area contributed by atoms with Crippen molar-refractivity contribution in [2.75, 3.05) is 18.8 Å². The van der Waals surface area contributed by atoms with E-state index in [4.69, 9.17) is 5.73 Å². The molecule has 1 fully saturated rings. The van der Waals surface area contributed by atoms with Crippen LogP contribution in [0.3, 0.4) is 0 Å². The van der Waals surface area contributed by atoms with Gasteiger partial charge >= 0.3 is 0 Å². The monoisotopic (exact) mass is 234 g/mol. The van der Waals surface area contributed by atoms with Gasteiger partial charge in [-0.1, -0.05) is 6.92 Å². The van der Waals surface area contributed by atoms with Gasteiger partial charge < -0.3 is 5.73 Å². The molecular weight excluding hydrogens is 212 g/mol. The molecule has 2 N–H and O–H groups in total. The zero-order valence-electron chi connectivity index (χ0n) is 9.48.